The molecular formula is C23H27F3N2O6. The molecule has 2 fully saturated rings. The number of ether oxygens (including phenoxy) is 2. The molecule has 0 saturated carbocycles. The van der Waals surface area contributed by atoms with Crippen LogP contribution in [0.25, 0.3) is 0 Å². The highest BCUT2D eigenvalue weighted by molar-refractivity contribution is 5.95. The third kappa shape index (κ3) is 6.80. The second-order valence-electron chi connectivity index (χ2n) is 8.44. The van der Waals surface area contributed by atoms with Crippen molar-refractivity contribution in [3.63, 3.8) is 0 Å². The van der Waals surface area contributed by atoms with Gasteiger partial charge in [-0.3, -0.25) is 9.78 Å². The van der Waals surface area contributed by atoms with Gasteiger partial charge < -0.3 is 23.9 Å². The molecule has 2 aliphatic rings. The van der Waals surface area contributed by atoms with Crippen molar-refractivity contribution >= 4 is 11.9 Å². The summed E-state index contributed by atoms with van der Waals surface area (Å²) in [6.07, 6.45) is 3.16. The average Bonchev–Trinajstić information content (AvgIpc) is 3.21. The first kappa shape index (κ1) is 25.7. The number of aliphatic carboxylic acids is 1. The molecule has 2 aliphatic heterocycles. The van der Waals surface area contributed by atoms with Gasteiger partial charge in [0, 0.05) is 25.6 Å². The first-order valence-electron chi connectivity index (χ1n) is 10.8. The number of furan rings is 1. The molecule has 2 saturated heterocycles. The maximum Gasteiger partial charge on any atom is 0.490 e. The molecule has 34 heavy (non-hydrogen) atoms. The summed E-state index contributed by atoms with van der Waals surface area (Å²) in [5.74, 6) is -1.45. The van der Waals surface area contributed by atoms with Crippen LogP contribution in [0.1, 0.15) is 40.9 Å². The van der Waals surface area contributed by atoms with E-state index >= 15 is 0 Å². The third-order valence-corrected chi connectivity index (χ3v) is 5.86. The van der Waals surface area contributed by atoms with Gasteiger partial charge in [-0.15, -0.1) is 0 Å². The lowest BCUT2D eigenvalue weighted by atomic mass is 9.79. The Hall–Kier alpha value is -2.92. The molecule has 1 amide bonds. The van der Waals surface area contributed by atoms with Crippen molar-refractivity contribution in [3.05, 3.63) is 53.7 Å². The van der Waals surface area contributed by atoms with E-state index in [1.807, 2.05) is 24.0 Å². The Labute approximate surface area is 194 Å². The van der Waals surface area contributed by atoms with E-state index in [1.165, 1.54) is 0 Å². The predicted octanol–water partition coefficient (Wildman–Crippen LogP) is 3.84. The molecule has 4 heterocycles. The number of pyridine rings is 1. The molecule has 0 aliphatic carbocycles. The van der Waals surface area contributed by atoms with Crippen molar-refractivity contribution < 1.29 is 41.8 Å². The van der Waals surface area contributed by atoms with Gasteiger partial charge in [0.05, 0.1) is 31.5 Å². The highest BCUT2D eigenvalue weighted by Gasteiger charge is 2.49. The Bertz CT molecular complexity index is 957. The van der Waals surface area contributed by atoms with Crippen molar-refractivity contribution in [3.8, 4) is 0 Å². The lowest BCUT2D eigenvalue weighted by Crippen LogP contribution is -2.66. The Balaban J connectivity index is 0.000000406. The van der Waals surface area contributed by atoms with E-state index in [9.17, 15) is 18.0 Å². The molecule has 11 heteroatoms. The maximum absolute atomic E-state index is 12.5. The number of nitrogens with zero attached hydrogens (tertiary/aromatic N) is 2. The molecule has 1 N–H and O–H groups in total. The second-order valence-corrected chi connectivity index (χ2v) is 8.44. The summed E-state index contributed by atoms with van der Waals surface area (Å²) in [6, 6.07) is 5.70. The minimum absolute atomic E-state index is 0.0401. The van der Waals surface area contributed by atoms with Crippen LogP contribution in [0.5, 0.6) is 0 Å². The number of hydrogen-bond donors (Lipinski definition) is 1. The molecule has 1 spiro atoms. The maximum atomic E-state index is 12.5. The van der Waals surface area contributed by atoms with Crippen molar-refractivity contribution in [2.24, 2.45) is 5.92 Å². The van der Waals surface area contributed by atoms with Crippen LogP contribution >= 0.6 is 0 Å². The van der Waals surface area contributed by atoms with Crippen LogP contribution in [-0.4, -0.2) is 64.9 Å². The molecular weight excluding hydrogens is 457 g/mol. The number of rotatable bonds is 6. The number of aromatic nitrogens is 1. The van der Waals surface area contributed by atoms with Crippen molar-refractivity contribution in [2.45, 2.75) is 44.6 Å². The fourth-order valence-electron chi connectivity index (χ4n) is 4.09. The largest absolute Gasteiger partial charge is 0.490 e. The number of carboxylic acids is 1. The zero-order chi connectivity index (χ0) is 24.8. The molecule has 0 radical (unpaired) electrons. The molecule has 2 aromatic heterocycles. The topological polar surface area (TPSA) is 102 Å². The molecule has 0 aromatic carbocycles. The summed E-state index contributed by atoms with van der Waals surface area (Å²) in [7, 11) is 0. The zero-order valence-corrected chi connectivity index (χ0v) is 18.7. The van der Waals surface area contributed by atoms with E-state index in [0.717, 1.165) is 38.0 Å². The molecule has 186 valence electrons. The summed E-state index contributed by atoms with van der Waals surface area (Å²) in [6.45, 7) is 5.31. The van der Waals surface area contributed by atoms with Gasteiger partial charge in [-0.05, 0) is 55.9 Å². The summed E-state index contributed by atoms with van der Waals surface area (Å²) in [4.78, 5) is 27.3. The van der Waals surface area contributed by atoms with E-state index in [4.69, 9.17) is 23.8 Å². The normalized spacial score (nSPS) is 19.2. The summed E-state index contributed by atoms with van der Waals surface area (Å²) >= 11 is 0. The Kier molecular flexibility index (Phi) is 8.32. The van der Waals surface area contributed by atoms with Gasteiger partial charge in [0.1, 0.15) is 11.4 Å². The number of hydrogen-bond acceptors (Lipinski definition) is 6. The molecule has 1 atom stereocenters. The third-order valence-electron chi connectivity index (χ3n) is 5.86. The number of halogens is 3. The summed E-state index contributed by atoms with van der Waals surface area (Å²) < 4.78 is 48.9. The van der Waals surface area contributed by atoms with Gasteiger partial charge in [-0.25, -0.2) is 4.79 Å². The van der Waals surface area contributed by atoms with E-state index in [0.29, 0.717) is 36.9 Å². The SMILES string of the molecule is Cc1occc1C(=O)N1CC2(CC(CCOCc3ccncc3)CCO2)C1.O=C(O)C(F)(F)F. The first-order chi connectivity index (χ1) is 16.1. The fraction of sp³-hybridized carbons (Fsp3) is 0.522. The van der Waals surface area contributed by atoms with Crippen LogP contribution in [0.3, 0.4) is 0 Å². The minimum Gasteiger partial charge on any atom is -0.475 e. The van der Waals surface area contributed by atoms with E-state index in [-0.39, 0.29) is 11.5 Å². The molecule has 4 rings (SSSR count). The Morgan fingerprint density at radius 3 is 2.53 bits per heavy atom. The lowest BCUT2D eigenvalue weighted by molar-refractivity contribution is -0.192. The van der Waals surface area contributed by atoms with Gasteiger partial charge in [-0.1, -0.05) is 0 Å². The van der Waals surface area contributed by atoms with Crippen molar-refractivity contribution in [1.82, 2.24) is 9.88 Å². The molecule has 1 unspecified atom stereocenters. The number of alkyl halides is 3. The number of aryl methyl sites for hydroxylation is 1. The van der Waals surface area contributed by atoms with Gasteiger partial charge in [-0.2, -0.15) is 13.2 Å². The van der Waals surface area contributed by atoms with Crippen molar-refractivity contribution in [2.75, 3.05) is 26.3 Å². The Morgan fingerprint density at radius 2 is 1.94 bits per heavy atom. The lowest BCUT2D eigenvalue weighted by Gasteiger charge is -2.53. The van der Waals surface area contributed by atoms with Gasteiger partial charge in [0.2, 0.25) is 0 Å². The number of carbonyl (C=O) groups is 2. The molecule has 2 aromatic rings. The highest BCUT2D eigenvalue weighted by atomic mass is 19.4. The first-order valence-corrected chi connectivity index (χ1v) is 10.8. The van der Waals surface area contributed by atoms with Crippen molar-refractivity contribution in [1.29, 1.82) is 0 Å². The average molecular weight is 484 g/mol. The molecule has 8 nitrogen and oxygen atoms in total. The van der Waals surface area contributed by atoms with Crippen LogP contribution in [0, 0.1) is 12.8 Å². The van der Waals surface area contributed by atoms with Gasteiger partial charge in [0.15, 0.2) is 0 Å². The van der Waals surface area contributed by atoms with Crippen LogP contribution in [0.15, 0.2) is 41.3 Å². The van der Waals surface area contributed by atoms with Crippen LogP contribution in [-0.2, 0) is 20.9 Å². The number of carboxylic acid groups (broad SMARTS) is 1. The van der Waals surface area contributed by atoms with Crippen LogP contribution < -0.4 is 0 Å². The van der Waals surface area contributed by atoms with E-state index < -0.39 is 12.1 Å². The summed E-state index contributed by atoms with van der Waals surface area (Å²) in [5.41, 5.74) is 1.64. The quantitative estimate of drug-likeness (QED) is 0.622. The standard InChI is InChI=1S/C21H26N2O4.C2HF3O2/c1-16-19(6-10-26-16)20(24)23-14-21(15-23)12-17(5-11-27-21)4-9-25-13-18-2-7-22-8-3-18;3-2(4,5)1(6)7/h2-3,6-8,10,17H,4-5,9,11-15H2,1H3;(H,6,7). The van der Waals surface area contributed by atoms with Gasteiger partial charge in [0.25, 0.3) is 5.91 Å². The minimum atomic E-state index is -5.08. The van der Waals surface area contributed by atoms with Crippen LogP contribution in [0.2, 0.25) is 0 Å². The van der Waals surface area contributed by atoms with E-state index in [1.54, 1.807) is 24.7 Å². The zero-order valence-electron chi connectivity index (χ0n) is 18.7. The van der Waals surface area contributed by atoms with Crippen LogP contribution in [0.4, 0.5) is 13.2 Å². The highest BCUT2D eigenvalue weighted by Crippen LogP contribution is 2.38. The smallest absolute Gasteiger partial charge is 0.475 e. The number of carbonyl (C=O) groups excluding carboxylic acids is 1. The Morgan fingerprint density at radius 1 is 1.26 bits per heavy atom. The predicted molar refractivity (Wildman–Crippen MR) is 113 cm³/mol. The summed E-state index contributed by atoms with van der Waals surface area (Å²) in [5, 5.41) is 7.12. The number of likely N-dealkylation sites (tertiary alicyclic amines) is 1. The fourth-order valence-corrected chi connectivity index (χ4v) is 4.09. The second kappa shape index (κ2) is 11.0. The number of amides is 1. The molecule has 0 bridgehead atoms. The van der Waals surface area contributed by atoms with Gasteiger partial charge >= 0.3 is 12.1 Å². The van der Waals surface area contributed by atoms with E-state index in [2.05, 4.69) is 4.98 Å². The monoisotopic (exact) mass is 484 g/mol.